The minimum Gasteiger partial charge on any atom is -0.375 e. The second kappa shape index (κ2) is 6.25. The van der Waals surface area contributed by atoms with Crippen molar-refractivity contribution < 1.29 is 4.74 Å². The van der Waals surface area contributed by atoms with Crippen LogP contribution in [0.2, 0.25) is 0 Å². The highest BCUT2D eigenvalue weighted by Crippen LogP contribution is 2.43. The average molecular weight is 346 g/mol. The fourth-order valence-corrected chi connectivity index (χ4v) is 5.07. The van der Waals surface area contributed by atoms with Gasteiger partial charge in [-0.05, 0) is 60.8 Å². The number of thiophene rings is 1. The zero-order valence-electron chi connectivity index (χ0n) is 12.4. The summed E-state index contributed by atoms with van der Waals surface area (Å²) in [5.74, 6) is 1.12. The molecule has 1 aromatic rings. The van der Waals surface area contributed by atoms with Gasteiger partial charge in [0.1, 0.15) is 0 Å². The van der Waals surface area contributed by atoms with Crippen LogP contribution in [0.1, 0.15) is 44.2 Å². The molecule has 0 spiro atoms. The molecule has 2 heterocycles. The number of ether oxygens (including phenoxy) is 1. The van der Waals surface area contributed by atoms with Gasteiger partial charge < -0.3 is 10.1 Å². The van der Waals surface area contributed by atoms with Crippen LogP contribution in [0.25, 0.3) is 0 Å². The lowest BCUT2D eigenvalue weighted by atomic mass is 9.80. The van der Waals surface area contributed by atoms with E-state index in [0.29, 0.717) is 30.1 Å². The predicted molar refractivity (Wildman–Crippen MR) is 85.8 cm³/mol. The summed E-state index contributed by atoms with van der Waals surface area (Å²) in [6.07, 6.45) is 0.663. The second-order valence-electron chi connectivity index (χ2n) is 5.58. The highest BCUT2D eigenvalue weighted by molar-refractivity contribution is 9.11. The van der Waals surface area contributed by atoms with Gasteiger partial charge in [0.15, 0.2) is 0 Å². The smallest absolute Gasteiger partial charge is 0.0704 e. The monoisotopic (exact) mass is 345 g/mol. The summed E-state index contributed by atoms with van der Waals surface area (Å²) < 4.78 is 7.25. The molecule has 0 amide bonds. The zero-order valence-corrected chi connectivity index (χ0v) is 14.8. The van der Waals surface area contributed by atoms with Crippen LogP contribution >= 0.6 is 27.3 Å². The Labute approximate surface area is 129 Å². The highest BCUT2D eigenvalue weighted by Gasteiger charge is 2.42. The van der Waals surface area contributed by atoms with Gasteiger partial charge in [0.2, 0.25) is 0 Å². The van der Waals surface area contributed by atoms with E-state index in [4.69, 9.17) is 4.74 Å². The van der Waals surface area contributed by atoms with Gasteiger partial charge in [-0.15, -0.1) is 11.3 Å². The third-order valence-corrected chi connectivity index (χ3v) is 5.96. The van der Waals surface area contributed by atoms with Gasteiger partial charge in [-0.3, -0.25) is 0 Å². The van der Waals surface area contributed by atoms with Gasteiger partial charge in [-0.25, -0.2) is 0 Å². The number of hydrogen-bond acceptors (Lipinski definition) is 3. The normalized spacial score (nSPS) is 32.7. The van der Waals surface area contributed by atoms with Crippen LogP contribution in [0.3, 0.4) is 0 Å². The molecule has 1 aromatic heterocycles. The summed E-state index contributed by atoms with van der Waals surface area (Å²) in [4.78, 5) is 1.40. The van der Waals surface area contributed by atoms with Crippen molar-refractivity contribution >= 4 is 27.3 Å². The maximum atomic E-state index is 6.03. The van der Waals surface area contributed by atoms with Crippen LogP contribution in [0, 0.1) is 18.8 Å². The molecule has 2 nitrogen and oxygen atoms in total. The Morgan fingerprint density at radius 2 is 2.05 bits per heavy atom. The molecule has 0 radical (unpaired) electrons. The molecule has 1 fully saturated rings. The molecule has 5 unspecified atom stereocenters. The van der Waals surface area contributed by atoms with Crippen LogP contribution in [0.15, 0.2) is 9.85 Å². The van der Waals surface area contributed by atoms with E-state index >= 15 is 0 Å². The Morgan fingerprint density at radius 3 is 2.47 bits per heavy atom. The van der Waals surface area contributed by atoms with E-state index in [-0.39, 0.29) is 0 Å². The zero-order chi connectivity index (χ0) is 14.2. The number of rotatable bonds is 4. The molecule has 4 heteroatoms. The van der Waals surface area contributed by atoms with Crippen molar-refractivity contribution in [1.82, 2.24) is 5.32 Å². The summed E-state index contributed by atoms with van der Waals surface area (Å²) >= 11 is 5.43. The lowest BCUT2D eigenvalue weighted by Crippen LogP contribution is -2.35. The molecule has 2 rings (SSSR count). The first-order valence-corrected chi connectivity index (χ1v) is 8.71. The van der Waals surface area contributed by atoms with Crippen LogP contribution < -0.4 is 5.32 Å². The molecule has 1 aliphatic heterocycles. The van der Waals surface area contributed by atoms with Gasteiger partial charge in [0.05, 0.1) is 16.0 Å². The van der Waals surface area contributed by atoms with Crippen molar-refractivity contribution in [3.8, 4) is 0 Å². The number of hydrogen-bond donors (Lipinski definition) is 1. The second-order valence-corrected chi connectivity index (χ2v) is 8.22. The topological polar surface area (TPSA) is 21.3 Å². The Kier molecular flexibility index (Phi) is 5.09. The van der Waals surface area contributed by atoms with Crippen molar-refractivity contribution in [3.63, 3.8) is 0 Å². The third-order valence-electron chi connectivity index (χ3n) is 4.39. The maximum absolute atomic E-state index is 6.03. The van der Waals surface area contributed by atoms with Gasteiger partial charge in [0.25, 0.3) is 0 Å². The van der Waals surface area contributed by atoms with E-state index in [1.54, 1.807) is 0 Å². The fraction of sp³-hybridized carbons (Fsp3) is 0.733. The van der Waals surface area contributed by atoms with Crippen LogP contribution in [0.4, 0.5) is 0 Å². The standard InChI is InChI=1S/C15H24BrNOS/c1-6-17-15(12-7-13(16)19-11(12)5)14-8(2)9(3)18-10(14)4/h7-10,14-15,17H,6H2,1-5H3. The number of halogens is 1. The Balaban J connectivity index is 2.32. The van der Waals surface area contributed by atoms with E-state index in [2.05, 4.69) is 61.9 Å². The highest BCUT2D eigenvalue weighted by atomic mass is 79.9. The predicted octanol–water partition coefficient (Wildman–Crippen LogP) is 4.53. The van der Waals surface area contributed by atoms with Crippen molar-refractivity contribution in [3.05, 3.63) is 20.3 Å². The van der Waals surface area contributed by atoms with Crippen molar-refractivity contribution in [2.45, 2.75) is 52.9 Å². The number of aryl methyl sites for hydroxylation is 1. The molecular weight excluding hydrogens is 322 g/mol. The maximum Gasteiger partial charge on any atom is 0.0704 e. The molecule has 0 aliphatic carbocycles. The molecule has 0 saturated carbocycles. The van der Waals surface area contributed by atoms with E-state index in [1.165, 1.54) is 14.2 Å². The minimum atomic E-state index is 0.312. The van der Waals surface area contributed by atoms with E-state index in [1.807, 2.05) is 11.3 Å². The summed E-state index contributed by atoms with van der Waals surface area (Å²) in [6, 6.07) is 2.66. The Bertz CT molecular complexity index is 434. The summed E-state index contributed by atoms with van der Waals surface area (Å²) in [7, 11) is 0. The SMILES string of the molecule is CCNC(c1cc(Br)sc1C)C1C(C)OC(C)C1C. The quantitative estimate of drug-likeness (QED) is 0.865. The van der Waals surface area contributed by atoms with Crippen LogP contribution in [0.5, 0.6) is 0 Å². The molecule has 1 N–H and O–H groups in total. The first-order valence-electron chi connectivity index (χ1n) is 7.10. The molecule has 0 aromatic carbocycles. The molecule has 5 atom stereocenters. The lowest BCUT2D eigenvalue weighted by molar-refractivity contribution is 0.0475. The van der Waals surface area contributed by atoms with E-state index in [0.717, 1.165) is 6.54 Å². The van der Waals surface area contributed by atoms with Crippen molar-refractivity contribution in [2.24, 2.45) is 11.8 Å². The molecule has 19 heavy (non-hydrogen) atoms. The van der Waals surface area contributed by atoms with Gasteiger partial charge in [-0.1, -0.05) is 13.8 Å². The third kappa shape index (κ3) is 3.07. The van der Waals surface area contributed by atoms with Gasteiger partial charge >= 0.3 is 0 Å². The fourth-order valence-electron chi connectivity index (χ4n) is 3.31. The van der Waals surface area contributed by atoms with Gasteiger partial charge in [-0.2, -0.15) is 0 Å². The first kappa shape index (κ1) is 15.5. The summed E-state index contributed by atoms with van der Waals surface area (Å²) in [5, 5.41) is 3.68. The lowest BCUT2D eigenvalue weighted by Gasteiger charge is -2.30. The van der Waals surface area contributed by atoms with Crippen molar-refractivity contribution in [2.75, 3.05) is 6.54 Å². The molecule has 108 valence electrons. The van der Waals surface area contributed by atoms with Crippen LogP contribution in [-0.4, -0.2) is 18.8 Å². The summed E-state index contributed by atoms with van der Waals surface area (Å²) in [6.45, 7) is 12.1. The van der Waals surface area contributed by atoms with E-state index < -0.39 is 0 Å². The molecular formula is C15H24BrNOS. The Morgan fingerprint density at radius 1 is 1.37 bits per heavy atom. The molecule has 0 bridgehead atoms. The Hall–Kier alpha value is 0.1000. The van der Waals surface area contributed by atoms with Crippen molar-refractivity contribution in [1.29, 1.82) is 0 Å². The largest absolute Gasteiger partial charge is 0.375 e. The first-order chi connectivity index (χ1) is 8.95. The van der Waals surface area contributed by atoms with Crippen LogP contribution in [-0.2, 0) is 4.74 Å². The average Bonchev–Trinajstić information content (AvgIpc) is 2.78. The molecule has 1 saturated heterocycles. The minimum absolute atomic E-state index is 0.312. The van der Waals surface area contributed by atoms with E-state index in [9.17, 15) is 0 Å². The van der Waals surface area contributed by atoms with Gasteiger partial charge in [0, 0.05) is 16.8 Å². The summed E-state index contributed by atoms with van der Waals surface area (Å²) in [5.41, 5.74) is 1.43. The number of nitrogens with one attached hydrogen (secondary N) is 1. The molecule has 1 aliphatic rings.